The maximum atomic E-state index is 12.2. The Morgan fingerprint density at radius 3 is 2.73 bits per heavy atom. The van der Waals surface area contributed by atoms with Crippen molar-refractivity contribution < 1.29 is 9.59 Å². The molecular weight excluding hydrogens is 345 g/mol. The number of nitrogens with one attached hydrogen (secondary N) is 1. The van der Waals surface area contributed by atoms with Crippen molar-refractivity contribution in [2.75, 3.05) is 0 Å². The van der Waals surface area contributed by atoms with Crippen molar-refractivity contribution in [2.45, 2.75) is 13.0 Å². The summed E-state index contributed by atoms with van der Waals surface area (Å²) < 4.78 is 1.73. The SMILES string of the molecule is CC(NC(=O)c1cccc(Cl)c1Cl)C(=O)N=c1sccn1C. The lowest BCUT2D eigenvalue weighted by molar-refractivity contribution is -0.119. The number of hydrogen-bond donors (Lipinski definition) is 1. The molecule has 0 aliphatic carbocycles. The molecule has 0 aliphatic heterocycles. The van der Waals surface area contributed by atoms with E-state index in [0.29, 0.717) is 4.80 Å². The zero-order chi connectivity index (χ0) is 16.3. The van der Waals surface area contributed by atoms with E-state index in [9.17, 15) is 9.59 Å². The number of aryl methyl sites for hydroxylation is 1. The second-order valence-electron chi connectivity index (χ2n) is 4.54. The Morgan fingerprint density at radius 1 is 1.36 bits per heavy atom. The van der Waals surface area contributed by atoms with E-state index in [1.165, 1.54) is 17.4 Å². The Balaban J connectivity index is 2.13. The number of benzene rings is 1. The molecule has 22 heavy (non-hydrogen) atoms. The molecule has 1 aromatic heterocycles. The topological polar surface area (TPSA) is 63.5 Å². The highest BCUT2D eigenvalue weighted by molar-refractivity contribution is 7.07. The highest BCUT2D eigenvalue weighted by Gasteiger charge is 2.18. The number of aromatic nitrogens is 1. The summed E-state index contributed by atoms with van der Waals surface area (Å²) in [6.45, 7) is 1.57. The van der Waals surface area contributed by atoms with Gasteiger partial charge in [-0.25, -0.2) is 0 Å². The van der Waals surface area contributed by atoms with Gasteiger partial charge in [0.25, 0.3) is 11.8 Å². The van der Waals surface area contributed by atoms with Gasteiger partial charge in [-0.1, -0.05) is 29.3 Å². The van der Waals surface area contributed by atoms with E-state index in [1.54, 1.807) is 36.9 Å². The fourth-order valence-corrected chi connectivity index (χ4v) is 2.76. The van der Waals surface area contributed by atoms with Crippen LogP contribution in [0.2, 0.25) is 10.0 Å². The molecule has 1 aromatic carbocycles. The predicted molar refractivity (Wildman–Crippen MR) is 87.3 cm³/mol. The Kier molecular flexibility index (Phi) is 5.39. The maximum absolute atomic E-state index is 12.2. The normalized spacial score (nSPS) is 13.0. The fraction of sp³-hybridized carbons (Fsp3) is 0.214. The highest BCUT2D eigenvalue weighted by atomic mass is 35.5. The molecule has 0 bridgehead atoms. The number of amides is 2. The lowest BCUT2D eigenvalue weighted by atomic mass is 10.2. The molecule has 0 fully saturated rings. The smallest absolute Gasteiger partial charge is 0.270 e. The number of rotatable bonds is 3. The summed E-state index contributed by atoms with van der Waals surface area (Å²) in [4.78, 5) is 28.7. The molecule has 5 nitrogen and oxygen atoms in total. The standard InChI is InChI=1S/C14H13Cl2N3O2S/c1-8(12(20)18-14-19(2)6-7-22-14)17-13(21)9-4-3-5-10(15)11(9)16/h3-8H,1-2H3,(H,17,21). The molecule has 2 amide bonds. The Bertz CT molecular complexity index is 782. The first-order valence-electron chi connectivity index (χ1n) is 6.33. The molecule has 2 aromatic rings. The largest absolute Gasteiger partial charge is 0.340 e. The van der Waals surface area contributed by atoms with Crippen molar-refractivity contribution in [3.8, 4) is 0 Å². The van der Waals surface area contributed by atoms with Gasteiger partial charge in [0, 0.05) is 18.6 Å². The molecule has 0 saturated carbocycles. The van der Waals surface area contributed by atoms with E-state index in [-0.39, 0.29) is 15.6 Å². The van der Waals surface area contributed by atoms with Crippen LogP contribution in [0.25, 0.3) is 0 Å². The molecule has 2 rings (SSSR count). The molecule has 0 radical (unpaired) electrons. The van der Waals surface area contributed by atoms with E-state index >= 15 is 0 Å². The zero-order valence-electron chi connectivity index (χ0n) is 11.8. The molecule has 116 valence electrons. The molecule has 1 N–H and O–H groups in total. The van der Waals surface area contributed by atoms with Crippen LogP contribution in [0, 0.1) is 0 Å². The van der Waals surface area contributed by atoms with Gasteiger partial charge in [0.15, 0.2) is 4.80 Å². The van der Waals surface area contributed by atoms with Crippen molar-refractivity contribution in [2.24, 2.45) is 12.0 Å². The van der Waals surface area contributed by atoms with Gasteiger partial charge in [-0.2, -0.15) is 4.99 Å². The second-order valence-corrected chi connectivity index (χ2v) is 6.20. The lowest BCUT2D eigenvalue weighted by Crippen LogP contribution is -2.38. The summed E-state index contributed by atoms with van der Waals surface area (Å²) in [6, 6.07) is 3.97. The molecule has 0 aliphatic rings. The number of thiazole rings is 1. The Labute approximate surface area is 141 Å². The van der Waals surface area contributed by atoms with Crippen molar-refractivity contribution in [3.05, 3.63) is 50.2 Å². The maximum Gasteiger partial charge on any atom is 0.270 e. The highest BCUT2D eigenvalue weighted by Crippen LogP contribution is 2.25. The van der Waals surface area contributed by atoms with Crippen molar-refractivity contribution in [3.63, 3.8) is 0 Å². The van der Waals surface area contributed by atoms with E-state index in [2.05, 4.69) is 10.3 Å². The molecule has 0 spiro atoms. The minimum atomic E-state index is -0.773. The minimum absolute atomic E-state index is 0.155. The van der Waals surface area contributed by atoms with Crippen molar-refractivity contribution in [1.29, 1.82) is 0 Å². The van der Waals surface area contributed by atoms with E-state index in [0.717, 1.165) is 0 Å². The van der Waals surface area contributed by atoms with Crippen LogP contribution >= 0.6 is 34.5 Å². The molecule has 1 unspecified atom stereocenters. The lowest BCUT2D eigenvalue weighted by Gasteiger charge is -2.11. The van der Waals surface area contributed by atoms with Crippen LogP contribution < -0.4 is 10.1 Å². The summed E-state index contributed by atoms with van der Waals surface area (Å²) >= 11 is 13.2. The van der Waals surface area contributed by atoms with Crippen molar-refractivity contribution in [1.82, 2.24) is 9.88 Å². The Morgan fingerprint density at radius 2 is 2.09 bits per heavy atom. The third-order valence-electron chi connectivity index (χ3n) is 2.88. The summed E-state index contributed by atoms with van der Waals surface area (Å²) in [5.41, 5.74) is 0.218. The van der Waals surface area contributed by atoms with Crippen LogP contribution in [0.1, 0.15) is 17.3 Å². The van der Waals surface area contributed by atoms with Gasteiger partial charge in [-0.3, -0.25) is 9.59 Å². The summed E-state index contributed by atoms with van der Waals surface area (Å²) in [5, 5.41) is 4.82. The minimum Gasteiger partial charge on any atom is -0.340 e. The van der Waals surface area contributed by atoms with Crippen LogP contribution in [-0.4, -0.2) is 22.4 Å². The average molecular weight is 358 g/mol. The summed E-state index contributed by atoms with van der Waals surface area (Å²) in [6.07, 6.45) is 1.80. The molecule has 1 atom stereocenters. The Hall–Kier alpha value is -1.63. The van der Waals surface area contributed by atoms with Gasteiger partial charge in [0.2, 0.25) is 0 Å². The number of nitrogens with zero attached hydrogens (tertiary/aromatic N) is 2. The number of carbonyl (C=O) groups is 2. The predicted octanol–water partition coefficient (Wildman–Crippen LogP) is 2.64. The molecule has 8 heteroatoms. The quantitative estimate of drug-likeness (QED) is 0.917. The molecular formula is C14H13Cl2N3O2S. The number of carbonyl (C=O) groups excluding carboxylic acids is 2. The average Bonchev–Trinajstić information content (AvgIpc) is 2.87. The first-order chi connectivity index (χ1) is 10.4. The third kappa shape index (κ3) is 3.76. The monoisotopic (exact) mass is 357 g/mol. The molecule has 0 saturated heterocycles. The van der Waals surface area contributed by atoms with Crippen molar-refractivity contribution >= 4 is 46.4 Å². The van der Waals surface area contributed by atoms with Gasteiger partial charge in [-0.15, -0.1) is 11.3 Å². The first kappa shape index (κ1) is 16.7. The number of halogens is 2. The van der Waals surface area contributed by atoms with Crippen LogP contribution in [-0.2, 0) is 11.8 Å². The second kappa shape index (κ2) is 7.09. The van der Waals surface area contributed by atoms with E-state index in [1.807, 2.05) is 5.38 Å². The first-order valence-corrected chi connectivity index (χ1v) is 7.97. The van der Waals surface area contributed by atoms with Crippen LogP contribution in [0.5, 0.6) is 0 Å². The summed E-state index contributed by atoms with van der Waals surface area (Å²) in [5.74, 6) is -0.913. The van der Waals surface area contributed by atoms with Gasteiger partial charge in [0.1, 0.15) is 6.04 Å². The van der Waals surface area contributed by atoms with Gasteiger partial charge >= 0.3 is 0 Å². The zero-order valence-corrected chi connectivity index (χ0v) is 14.2. The van der Waals surface area contributed by atoms with Crippen LogP contribution in [0.3, 0.4) is 0 Å². The van der Waals surface area contributed by atoms with E-state index < -0.39 is 17.9 Å². The van der Waals surface area contributed by atoms with Gasteiger partial charge in [0.05, 0.1) is 15.6 Å². The number of hydrogen-bond acceptors (Lipinski definition) is 3. The van der Waals surface area contributed by atoms with Gasteiger partial charge < -0.3 is 9.88 Å². The summed E-state index contributed by atoms with van der Waals surface area (Å²) in [7, 11) is 1.79. The molecule has 1 heterocycles. The van der Waals surface area contributed by atoms with Gasteiger partial charge in [-0.05, 0) is 19.1 Å². The van der Waals surface area contributed by atoms with Crippen LogP contribution in [0.4, 0.5) is 0 Å². The fourth-order valence-electron chi connectivity index (χ4n) is 1.64. The van der Waals surface area contributed by atoms with Crippen LogP contribution in [0.15, 0.2) is 34.8 Å². The third-order valence-corrected chi connectivity index (χ3v) is 4.55. The van der Waals surface area contributed by atoms with E-state index in [4.69, 9.17) is 23.2 Å².